The van der Waals surface area contributed by atoms with E-state index in [0.717, 1.165) is 11.8 Å². The average Bonchev–Trinajstić information content (AvgIpc) is 2.27. The van der Waals surface area contributed by atoms with Crippen LogP contribution in [0.1, 0.15) is 0 Å². The standard InChI is InChI=1S/C10H12N2O5S2/c11-19(16,17)8-3-1-7(2-4-8)12-9(13)5-18-6-10(14)15/h1-4H,5-6H2,(H,12,13)(H,14,15)(H2,11,16,17)/p-1. The Bertz CT molecular complexity index is 568. The van der Waals surface area contributed by atoms with Crippen molar-refractivity contribution in [1.29, 1.82) is 0 Å². The number of nitrogens with one attached hydrogen (secondary N) is 1. The first-order valence-corrected chi connectivity index (χ1v) is 7.69. The number of anilines is 1. The molecule has 3 N–H and O–H groups in total. The van der Waals surface area contributed by atoms with Gasteiger partial charge in [0.1, 0.15) is 0 Å². The topological polar surface area (TPSA) is 129 Å². The summed E-state index contributed by atoms with van der Waals surface area (Å²) in [6.07, 6.45) is 0. The van der Waals surface area contributed by atoms with Gasteiger partial charge in [0.25, 0.3) is 0 Å². The van der Waals surface area contributed by atoms with E-state index in [1.165, 1.54) is 24.3 Å². The fraction of sp³-hybridized carbons (Fsp3) is 0.200. The molecule has 0 fully saturated rings. The number of hydrogen-bond donors (Lipinski definition) is 2. The Morgan fingerprint density at radius 1 is 1.21 bits per heavy atom. The molecule has 0 aliphatic heterocycles. The molecular formula is C10H11N2O5S2-. The highest BCUT2D eigenvalue weighted by Gasteiger charge is 2.08. The molecule has 1 aromatic carbocycles. The van der Waals surface area contributed by atoms with E-state index < -0.39 is 21.9 Å². The molecule has 0 heterocycles. The predicted octanol–water partition coefficient (Wildman–Crippen LogP) is -1.24. The molecular weight excluding hydrogens is 292 g/mol. The van der Waals surface area contributed by atoms with Crippen molar-refractivity contribution in [2.45, 2.75) is 4.90 Å². The lowest BCUT2D eigenvalue weighted by Crippen LogP contribution is -2.25. The number of carbonyl (C=O) groups excluding carboxylic acids is 2. The van der Waals surface area contributed by atoms with Crippen LogP contribution in [-0.4, -0.2) is 31.8 Å². The van der Waals surface area contributed by atoms with Gasteiger partial charge in [0.05, 0.1) is 16.6 Å². The molecule has 9 heteroatoms. The summed E-state index contributed by atoms with van der Waals surface area (Å²) in [4.78, 5) is 21.5. The molecule has 1 rings (SSSR count). The van der Waals surface area contributed by atoms with Crippen molar-refractivity contribution in [2.75, 3.05) is 16.8 Å². The molecule has 0 aromatic heterocycles. The molecule has 0 aliphatic carbocycles. The van der Waals surface area contributed by atoms with Crippen LogP contribution in [0.25, 0.3) is 0 Å². The van der Waals surface area contributed by atoms with Gasteiger partial charge in [-0.05, 0) is 24.3 Å². The third-order valence-corrected chi connectivity index (χ3v) is 3.76. The number of carboxylic acids is 1. The quantitative estimate of drug-likeness (QED) is 0.676. The molecule has 0 bridgehead atoms. The number of amides is 1. The summed E-state index contributed by atoms with van der Waals surface area (Å²) in [6, 6.07) is 5.31. The van der Waals surface area contributed by atoms with Crippen molar-refractivity contribution in [3.63, 3.8) is 0 Å². The number of rotatable bonds is 6. The molecule has 0 aliphatic rings. The number of carboxylic acid groups (broad SMARTS) is 1. The second kappa shape index (κ2) is 6.55. The molecule has 0 spiro atoms. The largest absolute Gasteiger partial charge is 0.549 e. The van der Waals surface area contributed by atoms with Crippen molar-refractivity contribution < 1.29 is 23.1 Å². The minimum atomic E-state index is -3.76. The van der Waals surface area contributed by atoms with Crippen molar-refractivity contribution in [3.8, 4) is 0 Å². The zero-order chi connectivity index (χ0) is 14.5. The van der Waals surface area contributed by atoms with Crippen molar-refractivity contribution in [3.05, 3.63) is 24.3 Å². The maximum atomic E-state index is 11.4. The maximum Gasteiger partial charge on any atom is 0.238 e. The monoisotopic (exact) mass is 303 g/mol. The zero-order valence-electron chi connectivity index (χ0n) is 9.66. The van der Waals surface area contributed by atoms with Gasteiger partial charge in [-0.1, -0.05) is 0 Å². The summed E-state index contributed by atoms with van der Waals surface area (Å²) in [6.45, 7) is 0. The van der Waals surface area contributed by atoms with Gasteiger partial charge in [0.15, 0.2) is 0 Å². The minimum absolute atomic E-state index is 0.0368. The molecule has 0 saturated carbocycles. The fourth-order valence-electron chi connectivity index (χ4n) is 1.15. The number of sulfonamides is 1. The van der Waals surface area contributed by atoms with Crippen LogP contribution >= 0.6 is 11.8 Å². The number of aliphatic carboxylic acids is 1. The van der Waals surface area contributed by atoms with Gasteiger partial charge in [-0.3, -0.25) is 4.79 Å². The highest BCUT2D eigenvalue weighted by atomic mass is 32.2. The van der Waals surface area contributed by atoms with E-state index in [1.807, 2.05) is 0 Å². The van der Waals surface area contributed by atoms with Gasteiger partial charge in [-0.25, -0.2) is 13.6 Å². The van der Waals surface area contributed by atoms with Crippen molar-refractivity contribution in [2.24, 2.45) is 5.14 Å². The number of nitrogens with two attached hydrogens (primary N) is 1. The van der Waals surface area contributed by atoms with Gasteiger partial charge in [0, 0.05) is 11.4 Å². The Morgan fingerprint density at radius 2 is 1.79 bits per heavy atom. The van der Waals surface area contributed by atoms with Crippen LogP contribution in [-0.2, 0) is 19.6 Å². The number of hydrogen-bond acceptors (Lipinski definition) is 6. The SMILES string of the molecule is NS(=O)(=O)c1ccc(NC(=O)CSCC(=O)[O-])cc1. The summed E-state index contributed by atoms with van der Waals surface area (Å²) >= 11 is 0.906. The first-order valence-electron chi connectivity index (χ1n) is 4.99. The third-order valence-electron chi connectivity index (χ3n) is 1.92. The summed E-state index contributed by atoms with van der Waals surface area (Å²) < 4.78 is 22.0. The van der Waals surface area contributed by atoms with Crippen LogP contribution in [0.4, 0.5) is 5.69 Å². The number of benzene rings is 1. The van der Waals surface area contributed by atoms with E-state index >= 15 is 0 Å². The van der Waals surface area contributed by atoms with Crippen molar-refractivity contribution in [1.82, 2.24) is 0 Å². The van der Waals surface area contributed by atoms with E-state index in [4.69, 9.17) is 5.14 Å². The summed E-state index contributed by atoms with van der Waals surface area (Å²) in [5, 5.41) is 17.5. The lowest BCUT2D eigenvalue weighted by molar-refractivity contribution is -0.301. The molecule has 19 heavy (non-hydrogen) atoms. The Labute approximate surface area is 114 Å². The Kier molecular flexibility index (Phi) is 5.33. The fourth-order valence-corrected chi connectivity index (χ4v) is 2.19. The van der Waals surface area contributed by atoms with Gasteiger partial charge in [-0.15, -0.1) is 11.8 Å². The molecule has 7 nitrogen and oxygen atoms in total. The molecule has 104 valence electrons. The van der Waals surface area contributed by atoms with Gasteiger partial charge in [0.2, 0.25) is 15.9 Å². The summed E-state index contributed by atoms with van der Waals surface area (Å²) in [5.74, 6) is -1.94. The van der Waals surface area contributed by atoms with E-state index in [2.05, 4.69) is 5.32 Å². The number of carbonyl (C=O) groups is 2. The van der Waals surface area contributed by atoms with Crippen LogP contribution in [0.5, 0.6) is 0 Å². The van der Waals surface area contributed by atoms with Gasteiger partial charge < -0.3 is 15.2 Å². The molecule has 0 unspecified atom stereocenters. The van der Waals surface area contributed by atoms with Crippen LogP contribution < -0.4 is 15.6 Å². The minimum Gasteiger partial charge on any atom is -0.549 e. The van der Waals surface area contributed by atoms with E-state index in [0.29, 0.717) is 5.69 Å². The third kappa shape index (κ3) is 5.73. The number of primary sulfonamides is 1. The Morgan fingerprint density at radius 3 is 2.26 bits per heavy atom. The zero-order valence-corrected chi connectivity index (χ0v) is 11.3. The smallest absolute Gasteiger partial charge is 0.238 e. The van der Waals surface area contributed by atoms with Crippen LogP contribution in [0, 0.1) is 0 Å². The van der Waals surface area contributed by atoms with Crippen molar-refractivity contribution >= 4 is 39.3 Å². The maximum absolute atomic E-state index is 11.4. The predicted molar refractivity (Wildman–Crippen MR) is 68.8 cm³/mol. The van der Waals surface area contributed by atoms with Crippen LogP contribution in [0.3, 0.4) is 0 Å². The first kappa shape index (κ1) is 15.5. The lowest BCUT2D eigenvalue weighted by Gasteiger charge is -2.06. The van der Waals surface area contributed by atoms with E-state index in [9.17, 15) is 23.1 Å². The lowest BCUT2D eigenvalue weighted by atomic mass is 10.3. The summed E-state index contributed by atoms with van der Waals surface area (Å²) in [7, 11) is -3.76. The Hall–Kier alpha value is -1.58. The second-order valence-electron chi connectivity index (χ2n) is 3.48. The van der Waals surface area contributed by atoms with Crippen LogP contribution in [0.2, 0.25) is 0 Å². The molecule has 1 aromatic rings. The highest BCUT2D eigenvalue weighted by Crippen LogP contribution is 2.13. The first-order chi connectivity index (χ1) is 8.79. The van der Waals surface area contributed by atoms with E-state index in [1.54, 1.807) is 0 Å². The molecule has 0 saturated heterocycles. The van der Waals surface area contributed by atoms with Gasteiger partial charge >= 0.3 is 0 Å². The highest BCUT2D eigenvalue weighted by molar-refractivity contribution is 8.00. The molecule has 0 radical (unpaired) electrons. The summed E-state index contributed by atoms with van der Waals surface area (Å²) in [5.41, 5.74) is 0.395. The van der Waals surface area contributed by atoms with Crippen LogP contribution in [0.15, 0.2) is 29.2 Å². The normalized spacial score (nSPS) is 11.0. The average molecular weight is 303 g/mol. The molecule has 1 amide bonds. The second-order valence-corrected chi connectivity index (χ2v) is 6.03. The van der Waals surface area contributed by atoms with Gasteiger partial charge in [-0.2, -0.15) is 0 Å². The number of thioether (sulfide) groups is 1. The van der Waals surface area contributed by atoms with E-state index in [-0.39, 0.29) is 16.4 Å². The Balaban J connectivity index is 2.54. The molecule has 0 atom stereocenters.